The van der Waals surface area contributed by atoms with Gasteiger partial charge >= 0.3 is 5.97 Å². The minimum Gasteiger partial charge on any atom is -0.493 e. The van der Waals surface area contributed by atoms with Gasteiger partial charge in [0.2, 0.25) is 0 Å². The molecule has 1 aromatic rings. The van der Waals surface area contributed by atoms with Crippen LogP contribution in [0.4, 0.5) is 0 Å². The van der Waals surface area contributed by atoms with E-state index in [2.05, 4.69) is 0 Å². The Labute approximate surface area is 106 Å². The van der Waals surface area contributed by atoms with Crippen LogP contribution >= 0.6 is 0 Å². The highest BCUT2D eigenvalue weighted by atomic mass is 16.5. The zero-order valence-corrected chi connectivity index (χ0v) is 10.9. The van der Waals surface area contributed by atoms with Crippen LogP contribution in [0.2, 0.25) is 0 Å². The van der Waals surface area contributed by atoms with Gasteiger partial charge in [0.15, 0.2) is 11.5 Å². The number of carbonyl (C=O) groups is 1. The Morgan fingerprint density at radius 2 is 1.94 bits per heavy atom. The van der Waals surface area contributed by atoms with E-state index in [0.29, 0.717) is 29.9 Å². The van der Waals surface area contributed by atoms with Crippen LogP contribution in [0, 0.1) is 0 Å². The second kappa shape index (κ2) is 6.86. The van der Waals surface area contributed by atoms with Crippen LogP contribution in [0.25, 0.3) is 0 Å². The summed E-state index contributed by atoms with van der Waals surface area (Å²) < 4.78 is 15.1. The Morgan fingerprint density at radius 3 is 2.44 bits per heavy atom. The van der Waals surface area contributed by atoms with Crippen molar-refractivity contribution in [2.75, 3.05) is 27.9 Å². The first kappa shape index (κ1) is 14.3. The first-order valence-corrected chi connectivity index (χ1v) is 5.62. The zero-order valence-electron chi connectivity index (χ0n) is 10.9. The highest BCUT2D eigenvalue weighted by molar-refractivity contribution is 5.93. The number of hydrogen-bond acceptors (Lipinski definition) is 5. The number of methoxy groups -OCH3 is 3. The van der Waals surface area contributed by atoms with Crippen LogP contribution in [0.1, 0.15) is 22.3 Å². The van der Waals surface area contributed by atoms with Gasteiger partial charge in [-0.25, -0.2) is 4.79 Å². The summed E-state index contributed by atoms with van der Waals surface area (Å²) >= 11 is 0. The van der Waals surface area contributed by atoms with E-state index >= 15 is 0 Å². The van der Waals surface area contributed by atoms with Crippen LogP contribution in [0.3, 0.4) is 0 Å². The summed E-state index contributed by atoms with van der Waals surface area (Å²) in [5.74, 6) is 0.362. The number of carbonyl (C=O) groups excluding carboxylic acids is 1. The number of rotatable bonds is 6. The lowest BCUT2D eigenvalue weighted by Gasteiger charge is -2.13. The van der Waals surface area contributed by atoms with Crippen molar-refractivity contribution >= 4 is 5.97 Å². The van der Waals surface area contributed by atoms with Gasteiger partial charge in [0, 0.05) is 6.61 Å². The smallest absolute Gasteiger partial charge is 0.341 e. The fraction of sp³-hybridized carbons (Fsp3) is 0.462. The fourth-order valence-corrected chi connectivity index (χ4v) is 1.71. The molecule has 18 heavy (non-hydrogen) atoms. The van der Waals surface area contributed by atoms with Gasteiger partial charge in [0.25, 0.3) is 0 Å². The molecule has 0 aliphatic rings. The van der Waals surface area contributed by atoms with Gasteiger partial charge in [-0.15, -0.1) is 0 Å². The topological polar surface area (TPSA) is 65.0 Å². The molecule has 0 aliphatic carbocycles. The summed E-state index contributed by atoms with van der Waals surface area (Å²) in [4.78, 5) is 11.7. The van der Waals surface area contributed by atoms with Gasteiger partial charge in [-0.05, 0) is 30.5 Å². The Balaban J connectivity index is 3.22. The number of hydrogen-bond donors (Lipinski definition) is 1. The maximum atomic E-state index is 11.7. The lowest BCUT2D eigenvalue weighted by atomic mass is 10.0. The van der Waals surface area contributed by atoms with Crippen LogP contribution in [0.5, 0.6) is 11.5 Å². The minimum atomic E-state index is -0.476. The summed E-state index contributed by atoms with van der Waals surface area (Å²) in [5.41, 5.74) is 1.22. The molecule has 0 heterocycles. The lowest BCUT2D eigenvalue weighted by molar-refractivity contribution is 0.0596. The summed E-state index contributed by atoms with van der Waals surface area (Å²) in [5, 5.41) is 8.83. The number of esters is 1. The first-order valence-electron chi connectivity index (χ1n) is 5.62. The number of benzene rings is 1. The highest BCUT2D eigenvalue weighted by Crippen LogP contribution is 2.33. The van der Waals surface area contributed by atoms with E-state index in [1.807, 2.05) is 0 Å². The first-order chi connectivity index (χ1) is 8.67. The average Bonchev–Trinajstić information content (AvgIpc) is 2.42. The van der Waals surface area contributed by atoms with E-state index in [-0.39, 0.29) is 6.61 Å². The molecular weight excluding hydrogens is 236 g/mol. The van der Waals surface area contributed by atoms with Crippen molar-refractivity contribution < 1.29 is 24.1 Å². The molecule has 100 valence electrons. The summed E-state index contributed by atoms with van der Waals surface area (Å²) in [6.45, 7) is 0.0991. The van der Waals surface area contributed by atoms with Crippen molar-refractivity contribution in [2.24, 2.45) is 0 Å². The molecular formula is C13H18O5. The van der Waals surface area contributed by atoms with Gasteiger partial charge in [-0.3, -0.25) is 0 Å². The lowest BCUT2D eigenvalue weighted by Crippen LogP contribution is -2.07. The molecule has 1 rings (SSSR count). The molecule has 0 atom stereocenters. The number of ether oxygens (including phenoxy) is 3. The van der Waals surface area contributed by atoms with Crippen molar-refractivity contribution in [3.63, 3.8) is 0 Å². The van der Waals surface area contributed by atoms with Gasteiger partial charge in [0.05, 0.1) is 21.3 Å². The number of aryl methyl sites for hydroxylation is 1. The summed E-state index contributed by atoms with van der Waals surface area (Å²) in [6, 6.07) is 3.49. The van der Waals surface area contributed by atoms with E-state index in [4.69, 9.17) is 19.3 Å². The molecule has 1 aromatic carbocycles. The van der Waals surface area contributed by atoms with E-state index < -0.39 is 5.97 Å². The molecule has 0 saturated carbocycles. The molecule has 0 saturated heterocycles. The van der Waals surface area contributed by atoms with Crippen LogP contribution in [-0.2, 0) is 11.2 Å². The molecule has 5 nitrogen and oxygen atoms in total. The van der Waals surface area contributed by atoms with Crippen molar-refractivity contribution in [3.8, 4) is 11.5 Å². The minimum absolute atomic E-state index is 0.0991. The Kier molecular flexibility index (Phi) is 5.45. The molecule has 0 spiro atoms. The molecule has 0 aromatic heterocycles. The van der Waals surface area contributed by atoms with Crippen molar-refractivity contribution in [3.05, 3.63) is 23.3 Å². The second-order valence-electron chi connectivity index (χ2n) is 3.70. The second-order valence-corrected chi connectivity index (χ2v) is 3.70. The largest absolute Gasteiger partial charge is 0.493 e. The third kappa shape index (κ3) is 3.13. The number of aliphatic hydroxyl groups is 1. The van der Waals surface area contributed by atoms with E-state index in [9.17, 15) is 4.79 Å². The summed E-state index contributed by atoms with van der Waals surface area (Å²) in [7, 11) is 4.29. The third-order valence-electron chi connectivity index (χ3n) is 2.57. The Bertz CT molecular complexity index is 414. The zero-order chi connectivity index (χ0) is 13.5. The van der Waals surface area contributed by atoms with Crippen molar-refractivity contribution in [2.45, 2.75) is 12.8 Å². The molecule has 0 unspecified atom stereocenters. The maximum absolute atomic E-state index is 11.7. The maximum Gasteiger partial charge on any atom is 0.341 e. The van der Waals surface area contributed by atoms with Crippen LogP contribution in [-0.4, -0.2) is 39.0 Å². The van der Waals surface area contributed by atoms with Gasteiger partial charge in [-0.2, -0.15) is 0 Å². The predicted octanol–water partition coefficient (Wildman–Crippen LogP) is 1.42. The molecule has 0 aliphatic heterocycles. The quantitative estimate of drug-likeness (QED) is 0.778. The van der Waals surface area contributed by atoms with Gasteiger partial charge in [0.1, 0.15) is 5.56 Å². The Morgan fingerprint density at radius 1 is 1.22 bits per heavy atom. The molecule has 1 N–H and O–H groups in total. The van der Waals surface area contributed by atoms with Crippen molar-refractivity contribution in [1.29, 1.82) is 0 Å². The average molecular weight is 254 g/mol. The highest BCUT2D eigenvalue weighted by Gasteiger charge is 2.18. The van der Waals surface area contributed by atoms with E-state index in [1.54, 1.807) is 12.1 Å². The standard InChI is InChI=1S/C13H18O5/c1-16-11-8-9(5-4-6-14)7-10(12(11)17-2)13(15)18-3/h7-8,14H,4-6H2,1-3H3. The summed E-state index contributed by atoms with van der Waals surface area (Å²) in [6.07, 6.45) is 1.27. The third-order valence-corrected chi connectivity index (χ3v) is 2.57. The molecule has 0 radical (unpaired) electrons. The monoisotopic (exact) mass is 254 g/mol. The molecule has 5 heteroatoms. The Hall–Kier alpha value is -1.75. The van der Waals surface area contributed by atoms with E-state index in [1.165, 1.54) is 21.3 Å². The molecule has 0 bridgehead atoms. The van der Waals surface area contributed by atoms with Gasteiger partial charge < -0.3 is 19.3 Å². The number of aliphatic hydroxyl groups excluding tert-OH is 1. The van der Waals surface area contributed by atoms with Crippen LogP contribution in [0.15, 0.2) is 12.1 Å². The normalized spacial score (nSPS) is 10.0. The molecule has 0 amide bonds. The van der Waals surface area contributed by atoms with Crippen LogP contribution < -0.4 is 9.47 Å². The van der Waals surface area contributed by atoms with Crippen molar-refractivity contribution in [1.82, 2.24) is 0 Å². The SMILES string of the molecule is COC(=O)c1cc(CCCO)cc(OC)c1OC. The van der Waals surface area contributed by atoms with E-state index in [0.717, 1.165) is 5.56 Å². The predicted molar refractivity (Wildman–Crippen MR) is 66.3 cm³/mol. The fourth-order valence-electron chi connectivity index (χ4n) is 1.71. The van der Waals surface area contributed by atoms with Gasteiger partial charge in [-0.1, -0.05) is 0 Å². The molecule has 0 fully saturated rings.